The van der Waals surface area contributed by atoms with Crippen LogP contribution in [0.5, 0.6) is 17.2 Å². The highest BCUT2D eigenvalue weighted by molar-refractivity contribution is 6.38. The molecule has 0 aliphatic rings. The Morgan fingerprint density at radius 3 is 2.52 bits per heavy atom. The van der Waals surface area contributed by atoms with E-state index < -0.39 is 12.1 Å². The number of hydrogen-bond acceptors (Lipinski definition) is 5. The number of nitrogens with one attached hydrogen (secondary N) is 1. The molecule has 0 spiro atoms. The molecule has 5 nitrogen and oxygen atoms in total. The molecule has 2 rings (SSSR count). The summed E-state index contributed by atoms with van der Waals surface area (Å²) in [5.41, 5.74) is 0.673. The zero-order chi connectivity index (χ0) is 18.7. The number of pyridine rings is 1. The van der Waals surface area contributed by atoms with Crippen molar-refractivity contribution in [1.82, 2.24) is 4.98 Å². The lowest BCUT2D eigenvalue weighted by molar-refractivity contribution is 0.208. The largest absolute Gasteiger partial charge is 0.508 e. The molecule has 0 saturated carbocycles. The fourth-order valence-electron chi connectivity index (χ4n) is 2.12. The SMILES string of the molecule is CC(C)c1cc(Oc2c(Cl)c(F)nc(NC[C@H](C)O)c2Cl)ccc1O. The van der Waals surface area contributed by atoms with E-state index in [2.05, 4.69) is 10.3 Å². The summed E-state index contributed by atoms with van der Waals surface area (Å²) < 4.78 is 19.7. The lowest BCUT2D eigenvalue weighted by Gasteiger charge is -2.16. The van der Waals surface area contributed by atoms with Crippen molar-refractivity contribution in [2.45, 2.75) is 32.8 Å². The minimum atomic E-state index is -0.947. The summed E-state index contributed by atoms with van der Waals surface area (Å²) >= 11 is 12.2. The van der Waals surface area contributed by atoms with Gasteiger partial charge in [0.2, 0.25) is 5.95 Å². The predicted octanol–water partition coefficient (Wildman–Crippen LogP) is 4.94. The van der Waals surface area contributed by atoms with Crippen molar-refractivity contribution in [2.24, 2.45) is 0 Å². The second kappa shape index (κ2) is 8.08. The molecular weight excluding hydrogens is 370 g/mol. The second-order valence-corrected chi connectivity index (χ2v) is 6.67. The third-order valence-corrected chi connectivity index (χ3v) is 4.08. The van der Waals surface area contributed by atoms with Crippen LogP contribution >= 0.6 is 23.2 Å². The van der Waals surface area contributed by atoms with E-state index in [9.17, 15) is 14.6 Å². The second-order valence-electron chi connectivity index (χ2n) is 5.92. The number of aliphatic hydroxyl groups is 1. The van der Waals surface area contributed by atoms with Crippen molar-refractivity contribution in [2.75, 3.05) is 11.9 Å². The van der Waals surface area contributed by atoms with E-state index in [1.807, 2.05) is 13.8 Å². The lowest BCUT2D eigenvalue weighted by Crippen LogP contribution is -2.16. The van der Waals surface area contributed by atoms with Gasteiger partial charge in [-0.25, -0.2) is 0 Å². The molecule has 25 heavy (non-hydrogen) atoms. The monoisotopic (exact) mass is 388 g/mol. The summed E-state index contributed by atoms with van der Waals surface area (Å²) in [6.45, 7) is 5.53. The van der Waals surface area contributed by atoms with E-state index in [1.54, 1.807) is 13.0 Å². The highest BCUT2D eigenvalue weighted by Crippen LogP contribution is 2.42. The summed E-state index contributed by atoms with van der Waals surface area (Å²) in [6.07, 6.45) is -0.674. The Bertz CT molecular complexity index is 770. The first-order valence-electron chi connectivity index (χ1n) is 7.67. The number of halogens is 3. The van der Waals surface area contributed by atoms with Gasteiger partial charge < -0.3 is 20.3 Å². The van der Waals surface area contributed by atoms with Crippen LogP contribution in [0.3, 0.4) is 0 Å². The average molecular weight is 389 g/mol. The van der Waals surface area contributed by atoms with E-state index in [-0.39, 0.29) is 39.8 Å². The number of hydrogen-bond donors (Lipinski definition) is 3. The first kappa shape index (κ1) is 19.6. The maximum absolute atomic E-state index is 14.0. The molecular formula is C17H19Cl2FN2O3. The van der Waals surface area contributed by atoms with Gasteiger partial charge in [-0.15, -0.1) is 0 Å². The number of aromatic hydroxyl groups is 1. The Labute approximate surface area is 155 Å². The smallest absolute Gasteiger partial charge is 0.237 e. The number of phenols is 1. The third-order valence-electron chi connectivity index (χ3n) is 3.40. The van der Waals surface area contributed by atoms with Crippen LogP contribution in [0.2, 0.25) is 10.0 Å². The molecule has 0 radical (unpaired) electrons. The van der Waals surface area contributed by atoms with Crippen molar-refractivity contribution < 1.29 is 19.3 Å². The topological polar surface area (TPSA) is 74.6 Å². The summed E-state index contributed by atoms with van der Waals surface area (Å²) in [5.74, 6) is -0.479. The van der Waals surface area contributed by atoms with E-state index in [0.717, 1.165) is 0 Å². The molecule has 136 valence electrons. The van der Waals surface area contributed by atoms with Gasteiger partial charge in [0.15, 0.2) is 11.6 Å². The Morgan fingerprint density at radius 1 is 1.24 bits per heavy atom. The Balaban J connectivity index is 2.40. The number of aliphatic hydroxyl groups excluding tert-OH is 1. The van der Waals surface area contributed by atoms with Gasteiger partial charge in [-0.05, 0) is 31.0 Å². The number of benzene rings is 1. The molecule has 0 bridgehead atoms. The summed E-state index contributed by atoms with van der Waals surface area (Å²) in [6, 6.07) is 4.64. The number of phenolic OH excluding ortho intramolecular Hbond substituents is 1. The number of anilines is 1. The van der Waals surface area contributed by atoms with Crippen molar-refractivity contribution >= 4 is 29.0 Å². The number of ether oxygens (including phenoxy) is 1. The molecule has 2 aromatic rings. The molecule has 0 amide bonds. The van der Waals surface area contributed by atoms with Gasteiger partial charge in [-0.3, -0.25) is 0 Å². The summed E-state index contributed by atoms with van der Waals surface area (Å²) in [7, 11) is 0. The normalized spacial score (nSPS) is 12.3. The molecule has 1 heterocycles. The molecule has 1 atom stereocenters. The van der Waals surface area contributed by atoms with Gasteiger partial charge in [0, 0.05) is 12.1 Å². The highest BCUT2D eigenvalue weighted by atomic mass is 35.5. The van der Waals surface area contributed by atoms with Gasteiger partial charge in [0.1, 0.15) is 21.5 Å². The zero-order valence-corrected chi connectivity index (χ0v) is 15.5. The van der Waals surface area contributed by atoms with Crippen molar-refractivity contribution in [3.05, 3.63) is 39.8 Å². The molecule has 0 aliphatic heterocycles. The standard InChI is InChI=1S/C17H19Cl2FN2O3/c1-8(2)11-6-10(4-5-12(11)24)25-15-13(18)16(20)22-17(14(15)19)21-7-9(3)23/h4-6,8-9,23-24H,7H2,1-3H3,(H,21,22)/t9-/m0/s1. The summed E-state index contributed by atoms with van der Waals surface area (Å²) in [5, 5.41) is 21.6. The Morgan fingerprint density at radius 2 is 1.92 bits per heavy atom. The van der Waals surface area contributed by atoms with Crippen LogP contribution in [-0.2, 0) is 0 Å². The third kappa shape index (κ3) is 4.66. The molecule has 0 unspecified atom stereocenters. The Hall–Kier alpha value is -1.76. The number of rotatable bonds is 6. The zero-order valence-electron chi connectivity index (χ0n) is 14.0. The first-order chi connectivity index (χ1) is 11.7. The summed E-state index contributed by atoms with van der Waals surface area (Å²) in [4.78, 5) is 3.63. The van der Waals surface area contributed by atoms with Crippen LogP contribution < -0.4 is 10.1 Å². The van der Waals surface area contributed by atoms with Crippen LogP contribution in [0, 0.1) is 5.95 Å². The fourth-order valence-corrected chi connectivity index (χ4v) is 2.59. The van der Waals surface area contributed by atoms with Crippen molar-refractivity contribution in [3.8, 4) is 17.2 Å². The van der Waals surface area contributed by atoms with Crippen LogP contribution in [0.4, 0.5) is 10.2 Å². The quantitative estimate of drug-likeness (QED) is 0.610. The predicted molar refractivity (Wildman–Crippen MR) is 96.7 cm³/mol. The van der Waals surface area contributed by atoms with Crippen LogP contribution in [0.1, 0.15) is 32.3 Å². The lowest BCUT2D eigenvalue weighted by atomic mass is 10.0. The molecule has 0 aliphatic carbocycles. The molecule has 8 heteroatoms. The van der Waals surface area contributed by atoms with Crippen molar-refractivity contribution in [1.29, 1.82) is 0 Å². The maximum Gasteiger partial charge on any atom is 0.237 e. The van der Waals surface area contributed by atoms with Crippen LogP contribution in [0.15, 0.2) is 18.2 Å². The van der Waals surface area contributed by atoms with E-state index in [1.165, 1.54) is 12.1 Å². The van der Waals surface area contributed by atoms with Crippen molar-refractivity contribution in [3.63, 3.8) is 0 Å². The molecule has 1 aromatic carbocycles. The molecule has 0 saturated heterocycles. The molecule has 0 fully saturated rings. The minimum absolute atomic E-state index is 0.00813. The van der Waals surface area contributed by atoms with Gasteiger partial charge in [-0.1, -0.05) is 37.0 Å². The van der Waals surface area contributed by atoms with Gasteiger partial charge in [-0.2, -0.15) is 9.37 Å². The number of aromatic nitrogens is 1. The average Bonchev–Trinajstić information content (AvgIpc) is 2.54. The first-order valence-corrected chi connectivity index (χ1v) is 8.43. The van der Waals surface area contributed by atoms with E-state index in [0.29, 0.717) is 11.3 Å². The molecule has 3 N–H and O–H groups in total. The van der Waals surface area contributed by atoms with Gasteiger partial charge >= 0.3 is 0 Å². The van der Waals surface area contributed by atoms with Crippen LogP contribution in [0.25, 0.3) is 0 Å². The molecule has 1 aromatic heterocycles. The van der Waals surface area contributed by atoms with Gasteiger partial charge in [0.25, 0.3) is 0 Å². The number of nitrogens with zero attached hydrogens (tertiary/aromatic N) is 1. The van der Waals surface area contributed by atoms with Crippen LogP contribution in [-0.4, -0.2) is 27.8 Å². The minimum Gasteiger partial charge on any atom is -0.508 e. The van der Waals surface area contributed by atoms with Gasteiger partial charge in [0.05, 0.1) is 6.10 Å². The van der Waals surface area contributed by atoms with E-state index >= 15 is 0 Å². The Kier molecular flexibility index (Phi) is 6.32. The van der Waals surface area contributed by atoms with E-state index in [4.69, 9.17) is 27.9 Å². The highest BCUT2D eigenvalue weighted by Gasteiger charge is 2.20. The fraction of sp³-hybridized carbons (Fsp3) is 0.353. The maximum atomic E-state index is 14.0.